The Hall–Kier alpha value is -3.05. The first-order chi connectivity index (χ1) is 13.0. The summed E-state index contributed by atoms with van der Waals surface area (Å²) in [4.78, 5) is 26.0. The number of primary amides is 2. The van der Waals surface area contributed by atoms with Crippen molar-refractivity contribution < 1.29 is 9.59 Å². The van der Waals surface area contributed by atoms with E-state index in [2.05, 4.69) is 5.10 Å². The first-order valence-corrected chi connectivity index (χ1v) is 9.10. The number of benzene rings is 1. The number of carbonyl (C=O) groups excluding carboxylic acids is 2. The van der Waals surface area contributed by atoms with Crippen molar-refractivity contribution in [3.63, 3.8) is 0 Å². The Labute approximate surface area is 167 Å². The molecule has 2 heterocycles. The van der Waals surface area contributed by atoms with E-state index in [9.17, 15) is 14.9 Å². The summed E-state index contributed by atoms with van der Waals surface area (Å²) >= 11 is 6.13. The number of nitriles is 1. The van der Waals surface area contributed by atoms with Gasteiger partial charge in [0.1, 0.15) is 5.69 Å². The van der Waals surface area contributed by atoms with Crippen LogP contribution in [-0.2, 0) is 6.54 Å². The Balaban J connectivity index is 2.31. The first kappa shape index (κ1) is 19.7. The second kappa shape index (κ2) is 6.84. The van der Waals surface area contributed by atoms with E-state index in [-0.39, 0.29) is 5.56 Å². The lowest BCUT2D eigenvalue weighted by Gasteiger charge is -2.42. The van der Waals surface area contributed by atoms with Crippen LogP contribution in [0.2, 0.25) is 5.02 Å². The lowest BCUT2D eigenvalue weighted by atomic mass is 9.81. The third kappa shape index (κ3) is 3.29. The predicted molar refractivity (Wildman–Crippen MR) is 104 cm³/mol. The molecular weight excluding hydrogens is 380 g/mol. The van der Waals surface area contributed by atoms with E-state index >= 15 is 0 Å². The van der Waals surface area contributed by atoms with Gasteiger partial charge in [0.05, 0.1) is 35.5 Å². The number of fused-ring (bicyclic) bond motifs is 1. The maximum atomic E-state index is 12.5. The van der Waals surface area contributed by atoms with Crippen LogP contribution in [-0.4, -0.2) is 33.2 Å². The van der Waals surface area contributed by atoms with Crippen molar-refractivity contribution >= 4 is 23.5 Å². The summed E-state index contributed by atoms with van der Waals surface area (Å²) in [6.07, 6.45) is 0. The minimum atomic E-state index is -0.671. The van der Waals surface area contributed by atoms with Crippen LogP contribution in [0.15, 0.2) is 18.2 Å². The molecule has 0 saturated carbocycles. The molecule has 0 aliphatic carbocycles. The van der Waals surface area contributed by atoms with Gasteiger partial charge in [-0.15, -0.1) is 0 Å². The summed E-state index contributed by atoms with van der Waals surface area (Å²) in [5.74, 6) is -0.671. The summed E-state index contributed by atoms with van der Waals surface area (Å²) < 4.78 is 1.69. The highest BCUT2D eigenvalue weighted by atomic mass is 35.5. The molecule has 1 aromatic heterocycles. The van der Waals surface area contributed by atoms with E-state index < -0.39 is 23.4 Å². The van der Waals surface area contributed by atoms with Gasteiger partial charge < -0.3 is 16.4 Å². The number of rotatable bonds is 2. The number of aromatic nitrogens is 2. The number of hydrogen-bond acceptors (Lipinski definition) is 4. The number of amides is 3. The molecule has 1 aliphatic rings. The molecule has 0 spiro atoms. The molecule has 1 atom stereocenters. The molecule has 3 amide bonds. The number of nitrogens with two attached hydrogens (primary N) is 2. The van der Waals surface area contributed by atoms with Crippen LogP contribution < -0.4 is 11.5 Å². The van der Waals surface area contributed by atoms with E-state index in [1.165, 1.54) is 11.0 Å². The minimum Gasteiger partial charge on any atom is -0.365 e. The monoisotopic (exact) mass is 400 g/mol. The van der Waals surface area contributed by atoms with Gasteiger partial charge in [0.2, 0.25) is 0 Å². The smallest absolute Gasteiger partial charge is 0.315 e. The summed E-state index contributed by atoms with van der Waals surface area (Å²) in [5, 5.41) is 14.2. The van der Waals surface area contributed by atoms with Crippen molar-refractivity contribution in [2.45, 2.75) is 33.4 Å². The van der Waals surface area contributed by atoms with E-state index in [0.29, 0.717) is 40.6 Å². The zero-order valence-corrected chi connectivity index (χ0v) is 16.6. The van der Waals surface area contributed by atoms with E-state index in [1.807, 2.05) is 26.8 Å². The molecule has 4 N–H and O–H groups in total. The average Bonchev–Trinajstić information content (AvgIpc) is 2.98. The van der Waals surface area contributed by atoms with Crippen molar-refractivity contribution in [1.82, 2.24) is 14.7 Å². The van der Waals surface area contributed by atoms with Crippen molar-refractivity contribution in [2.24, 2.45) is 16.9 Å². The molecular formula is C19H21ClN6O2. The molecule has 1 aromatic carbocycles. The van der Waals surface area contributed by atoms with Crippen LogP contribution in [0.25, 0.3) is 11.3 Å². The van der Waals surface area contributed by atoms with Crippen molar-refractivity contribution in [3.8, 4) is 17.3 Å². The van der Waals surface area contributed by atoms with E-state index in [0.717, 1.165) is 0 Å². The van der Waals surface area contributed by atoms with Crippen molar-refractivity contribution in [2.75, 3.05) is 6.54 Å². The topological polar surface area (TPSA) is 131 Å². The SMILES string of the molecule is CC(C)(C)C1c2c(C(N)=O)c(-c3cc(Cl)cc(C#N)c3)nn2CCN1C(N)=O. The lowest BCUT2D eigenvalue weighted by Crippen LogP contribution is -2.49. The Kier molecular flexibility index (Phi) is 4.81. The number of urea groups is 1. The van der Waals surface area contributed by atoms with Crippen LogP contribution in [0.5, 0.6) is 0 Å². The molecule has 146 valence electrons. The molecule has 2 aromatic rings. The summed E-state index contributed by atoms with van der Waals surface area (Å²) in [5.41, 5.74) is 12.8. The molecule has 0 saturated heterocycles. The highest BCUT2D eigenvalue weighted by Crippen LogP contribution is 2.43. The maximum Gasteiger partial charge on any atom is 0.315 e. The van der Waals surface area contributed by atoms with Gasteiger partial charge in [-0.3, -0.25) is 9.48 Å². The standard InChI is InChI=1S/C19H21ClN6O2/c1-19(2,3)16-15-13(17(22)27)14(11-6-10(9-21)7-12(20)8-11)24-26(15)5-4-25(16)18(23)28/h6-8,16H,4-5H2,1-3H3,(H2,22,27)(H2,23,28). The van der Waals surface area contributed by atoms with Gasteiger partial charge >= 0.3 is 6.03 Å². The second-order valence-electron chi connectivity index (χ2n) is 7.84. The molecule has 0 radical (unpaired) electrons. The van der Waals surface area contributed by atoms with E-state index in [4.69, 9.17) is 23.1 Å². The van der Waals surface area contributed by atoms with Crippen LogP contribution >= 0.6 is 11.6 Å². The molecule has 9 heteroatoms. The Morgan fingerprint density at radius 3 is 2.46 bits per heavy atom. The van der Waals surface area contributed by atoms with Gasteiger partial charge in [-0.25, -0.2) is 4.79 Å². The quantitative estimate of drug-likeness (QED) is 0.801. The fourth-order valence-corrected chi connectivity index (χ4v) is 3.99. The molecule has 3 rings (SSSR count). The van der Waals surface area contributed by atoms with E-state index in [1.54, 1.807) is 16.8 Å². The number of nitrogens with zero attached hydrogens (tertiary/aromatic N) is 4. The maximum absolute atomic E-state index is 12.5. The first-order valence-electron chi connectivity index (χ1n) is 8.72. The predicted octanol–water partition coefficient (Wildman–Crippen LogP) is 2.66. The highest BCUT2D eigenvalue weighted by molar-refractivity contribution is 6.31. The summed E-state index contributed by atoms with van der Waals surface area (Å²) in [7, 11) is 0. The third-order valence-electron chi connectivity index (χ3n) is 4.77. The Bertz CT molecular complexity index is 1010. The zero-order chi connectivity index (χ0) is 20.8. The third-order valence-corrected chi connectivity index (χ3v) is 4.98. The largest absolute Gasteiger partial charge is 0.365 e. The van der Waals surface area contributed by atoms with Crippen LogP contribution in [0.4, 0.5) is 4.79 Å². The second-order valence-corrected chi connectivity index (χ2v) is 8.27. The Morgan fingerprint density at radius 2 is 1.93 bits per heavy atom. The highest BCUT2D eigenvalue weighted by Gasteiger charge is 2.42. The minimum absolute atomic E-state index is 0.206. The average molecular weight is 401 g/mol. The summed E-state index contributed by atoms with van der Waals surface area (Å²) in [6.45, 7) is 6.59. The number of hydrogen-bond donors (Lipinski definition) is 2. The summed E-state index contributed by atoms with van der Waals surface area (Å²) in [6, 6.07) is 5.73. The normalized spacial score (nSPS) is 16.4. The van der Waals surface area contributed by atoms with Gasteiger partial charge in [0.25, 0.3) is 5.91 Å². The van der Waals surface area contributed by atoms with Crippen molar-refractivity contribution in [3.05, 3.63) is 40.0 Å². The Morgan fingerprint density at radius 1 is 1.25 bits per heavy atom. The fourth-order valence-electron chi connectivity index (χ4n) is 3.75. The number of halogens is 1. The van der Waals surface area contributed by atoms with Crippen LogP contribution in [0, 0.1) is 16.7 Å². The van der Waals surface area contributed by atoms with Gasteiger partial charge in [-0.2, -0.15) is 10.4 Å². The lowest BCUT2D eigenvalue weighted by molar-refractivity contribution is 0.0899. The molecule has 8 nitrogen and oxygen atoms in total. The van der Waals surface area contributed by atoms with Crippen LogP contribution in [0.1, 0.15) is 48.4 Å². The zero-order valence-electron chi connectivity index (χ0n) is 15.9. The van der Waals surface area contributed by atoms with Gasteiger partial charge in [-0.1, -0.05) is 32.4 Å². The molecule has 1 unspecified atom stereocenters. The number of carbonyl (C=O) groups is 2. The molecule has 28 heavy (non-hydrogen) atoms. The molecule has 0 fully saturated rings. The molecule has 0 bridgehead atoms. The van der Waals surface area contributed by atoms with Crippen LogP contribution in [0.3, 0.4) is 0 Å². The fraction of sp³-hybridized carbons (Fsp3) is 0.368. The van der Waals surface area contributed by atoms with Gasteiger partial charge in [0.15, 0.2) is 0 Å². The van der Waals surface area contributed by atoms with Crippen molar-refractivity contribution in [1.29, 1.82) is 5.26 Å². The van der Waals surface area contributed by atoms with Gasteiger partial charge in [-0.05, 0) is 23.6 Å². The van der Waals surface area contributed by atoms with Gasteiger partial charge in [0, 0.05) is 17.1 Å². The molecule has 1 aliphatic heterocycles.